The van der Waals surface area contributed by atoms with Crippen molar-refractivity contribution in [1.82, 2.24) is 25.2 Å². The van der Waals surface area contributed by atoms with Crippen LogP contribution in [0.2, 0.25) is 0 Å². The predicted octanol–water partition coefficient (Wildman–Crippen LogP) is 4.62. The summed E-state index contributed by atoms with van der Waals surface area (Å²) in [5, 5.41) is 5.86. The topological polar surface area (TPSA) is 182 Å². The SMILES string of the molecule is C[C@@H]1CC/C=C\C2C[C@@]2(C(=O)NS(=O)(=O)C2CC2)NC(=O)[C@@H]2C[C@@H](Oc3ncc(OCC(F)F)c4ccccc34)CN2C(=O)[C@@H](NC(=O)OC(C)(C)C)[C@H](C)C1. The van der Waals surface area contributed by atoms with Gasteiger partial charge in [-0.25, -0.2) is 27.0 Å². The lowest BCUT2D eigenvalue weighted by Crippen LogP contribution is -2.59. The summed E-state index contributed by atoms with van der Waals surface area (Å²) >= 11 is 0. The maximum Gasteiger partial charge on any atom is 0.408 e. The predicted molar refractivity (Wildman–Crippen MR) is 201 cm³/mol. The number of rotatable bonds is 9. The van der Waals surface area contributed by atoms with E-state index in [0.717, 1.165) is 6.42 Å². The van der Waals surface area contributed by atoms with Crippen LogP contribution in [0, 0.1) is 17.8 Å². The summed E-state index contributed by atoms with van der Waals surface area (Å²) in [5.41, 5.74) is -2.43. The molecule has 2 saturated carbocycles. The Hall–Kier alpha value is -4.54. The number of aromatic nitrogens is 1. The van der Waals surface area contributed by atoms with Crippen LogP contribution in [0.5, 0.6) is 11.6 Å². The molecule has 1 saturated heterocycles. The van der Waals surface area contributed by atoms with Gasteiger partial charge >= 0.3 is 6.09 Å². The van der Waals surface area contributed by atoms with E-state index in [1.807, 2.05) is 26.0 Å². The molecule has 3 N–H and O–H groups in total. The Morgan fingerprint density at radius 3 is 2.48 bits per heavy atom. The number of hydrogen-bond donors (Lipinski definition) is 3. The fourth-order valence-electron chi connectivity index (χ4n) is 7.59. The maximum absolute atomic E-state index is 14.7. The van der Waals surface area contributed by atoms with E-state index < -0.39 is 93.3 Å². The van der Waals surface area contributed by atoms with Gasteiger partial charge in [-0.15, -0.1) is 0 Å². The summed E-state index contributed by atoms with van der Waals surface area (Å²) < 4.78 is 71.1. The van der Waals surface area contributed by atoms with Gasteiger partial charge in [-0.1, -0.05) is 44.2 Å². The standard InChI is InChI=1S/C39H51F2N5O9S/c1-22-10-6-7-11-24-18-39(24,36(49)45-56(51,52)26-14-15-26)44-33(47)29-17-25(20-46(29)35(48)32(23(2)16-22)43-37(50)55-38(3,4)5)54-34-28-13-9-8-12-27(28)30(19-42-34)53-21-31(40)41/h7-9,11-13,19,22-26,29,31-32H,6,10,14-18,20-21H2,1-5H3,(H,43,50)(H,44,47)(H,45,49)/b11-7-/t22-,23-,24?,25-,29+,32+,39-/m1/s1. The zero-order chi connectivity index (χ0) is 40.6. The fraction of sp³-hybridized carbons (Fsp3) is 0.615. The number of sulfonamides is 1. The highest BCUT2D eigenvalue weighted by Crippen LogP contribution is 2.46. The number of amides is 4. The van der Waals surface area contributed by atoms with Crippen LogP contribution in [-0.2, 0) is 29.1 Å². The molecule has 6 rings (SSSR count). The molecule has 0 bridgehead atoms. The van der Waals surface area contributed by atoms with Crippen molar-refractivity contribution >= 4 is 44.6 Å². The van der Waals surface area contributed by atoms with Gasteiger partial charge in [0, 0.05) is 23.1 Å². The first-order valence-electron chi connectivity index (χ1n) is 19.2. The first-order valence-corrected chi connectivity index (χ1v) is 20.7. The lowest BCUT2D eigenvalue weighted by molar-refractivity contribution is -0.142. The van der Waals surface area contributed by atoms with E-state index in [0.29, 0.717) is 36.5 Å². The van der Waals surface area contributed by atoms with Crippen LogP contribution >= 0.6 is 0 Å². The van der Waals surface area contributed by atoms with Gasteiger partial charge in [-0.2, -0.15) is 0 Å². The van der Waals surface area contributed by atoms with Crippen molar-refractivity contribution in [2.24, 2.45) is 17.8 Å². The zero-order valence-electron chi connectivity index (χ0n) is 32.3. The zero-order valence-corrected chi connectivity index (χ0v) is 33.1. The minimum atomic E-state index is -3.94. The average Bonchev–Trinajstić information content (AvgIpc) is 4.04. The number of nitrogens with one attached hydrogen (secondary N) is 3. The van der Waals surface area contributed by atoms with Crippen LogP contribution in [0.3, 0.4) is 0 Å². The Morgan fingerprint density at radius 2 is 1.80 bits per heavy atom. The molecule has 3 fully saturated rings. The Kier molecular flexibility index (Phi) is 11.8. The first-order chi connectivity index (χ1) is 26.4. The molecular formula is C39H51F2N5O9S. The second-order valence-electron chi connectivity index (χ2n) is 16.6. The molecule has 2 aliphatic heterocycles. The van der Waals surface area contributed by atoms with Gasteiger partial charge in [0.15, 0.2) is 0 Å². The van der Waals surface area contributed by atoms with Crippen LogP contribution < -0.4 is 24.8 Å². The van der Waals surface area contributed by atoms with E-state index in [-0.39, 0.29) is 36.9 Å². The van der Waals surface area contributed by atoms with Gasteiger partial charge in [0.2, 0.25) is 27.7 Å². The number of alkyl carbamates (subject to hydrolysis) is 1. The van der Waals surface area contributed by atoms with E-state index in [2.05, 4.69) is 20.3 Å². The molecule has 4 aliphatic rings. The third kappa shape index (κ3) is 9.52. The van der Waals surface area contributed by atoms with Crippen molar-refractivity contribution in [3.05, 3.63) is 42.6 Å². The minimum absolute atomic E-state index is 0.0558. The molecule has 1 aromatic heterocycles. The number of pyridine rings is 1. The lowest BCUT2D eigenvalue weighted by atomic mass is 9.88. The Bertz CT molecular complexity index is 1970. The first kappa shape index (κ1) is 41.1. The number of ether oxygens (including phenoxy) is 3. The smallest absolute Gasteiger partial charge is 0.408 e. The van der Waals surface area contributed by atoms with Crippen LogP contribution in [0.4, 0.5) is 13.6 Å². The van der Waals surface area contributed by atoms with E-state index in [9.17, 15) is 36.4 Å². The second-order valence-corrected chi connectivity index (χ2v) is 18.5. The molecule has 17 heteroatoms. The Morgan fingerprint density at radius 1 is 1.09 bits per heavy atom. The molecule has 1 unspecified atom stereocenters. The summed E-state index contributed by atoms with van der Waals surface area (Å²) in [6.07, 6.45) is 3.61. The normalized spacial score (nSPS) is 29.2. The van der Waals surface area contributed by atoms with E-state index in [4.69, 9.17) is 14.2 Å². The van der Waals surface area contributed by atoms with Crippen LogP contribution in [0.1, 0.15) is 79.6 Å². The van der Waals surface area contributed by atoms with E-state index in [1.54, 1.807) is 45.0 Å². The van der Waals surface area contributed by atoms with Crippen LogP contribution in [-0.4, -0.2) is 96.3 Å². The molecule has 2 aliphatic carbocycles. The highest BCUT2D eigenvalue weighted by molar-refractivity contribution is 7.91. The average molecular weight is 804 g/mol. The summed E-state index contributed by atoms with van der Waals surface area (Å²) in [7, 11) is -3.94. The number of benzene rings is 1. The van der Waals surface area contributed by atoms with Crippen molar-refractivity contribution in [3.63, 3.8) is 0 Å². The molecule has 3 heterocycles. The summed E-state index contributed by atoms with van der Waals surface area (Å²) in [6.45, 7) is 8.05. The van der Waals surface area contributed by atoms with Gasteiger partial charge in [0.25, 0.3) is 12.3 Å². The summed E-state index contributed by atoms with van der Waals surface area (Å²) in [6, 6.07) is 4.46. The van der Waals surface area contributed by atoms with Gasteiger partial charge < -0.3 is 29.7 Å². The van der Waals surface area contributed by atoms with Gasteiger partial charge in [0.1, 0.15) is 41.7 Å². The van der Waals surface area contributed by atoms with Crippen LogP contribution in [0.15, 0.2) is 42.6 Å². The molecule has 306 valence electrons. The molecule has 14 nitrogen and oxygen atoms in total. The molecule has 7 atom stereocenters. The van der Waals surface area contributed by atoms with Crippen molar-refractivity contribution in [3.8, 4) is 11.6 Å². The molecule has 1 aromatic carbocycles. The number of carbonyl (C=O) groups excluding carboxylic acids is 4. The monoisotopic (exact) mass is 803 g/mol. The molecular weight excluding hydrogens is 753 g/mol. The van der Waals surface area contributed by atoms with Crippen molar-refractivity contribution in [2.45, 2.75) is 121 Å². The molecule has 56 heavy (non-hydrogen) atoms. The van der Waals surface area contributed by atoms with E-state index >= 15 is 0 Å². The third-order valence-corrected chi connectivity index (χ3v) is 12.5. The summed E-state index contributed by atoms with van der Waals surface area (Å²) in [5.74, 6) is -2.62. The van der Waals surface area contributed by atoms with Crippen LogP contribution in [0.25, 0.3) is 10.8 Å². The number of carbonyl (C=O) groups is 4. The molecule has 0 spiro atoms. The Balaban J connectivity index is 1.34. The van der Waals surface area contributed by atoms with Crippen molar-refractivity contribution in [2.75, 3.05) is 13.2 Å². The third-order valence-electron chi connectivity index (χ3n) is 10.7. The number of allylic oxidation sites excluding steroid dienone is 1. The minimum Gasteiger partial charge on any atom is -0.485 e. The number of alkyl halides is 2. The maximum atomic E-state index is 14.7. The number of halogens is 2. The van der Waals surface area contributed by atoms with Crippen molar-refractivity contribution in [1.29, 1.82) is 0 Å². The number of hydrogen-bond acceptors (Lipinski definition) is 10. The lowest BCUT2D eigenvalue weighted by Gasteiger charge is -2.33. The van der Waals surface area contributed by atoms with Gasteiger partial charge in [0.05, 0.1) is 18.0 Å². The quantitative estimate of drug-likeness (QED) is 0.303. The highest BCUT2D eigenvalue weighted by atomic mass is 32.2. The second kappa shape index (κ2) is 16.1. The van der Waals surface area contributed by atoms with Gasteiger partial charge in [-0.05, 0) is 77.2 Å². The number of nitrogens with zero attached hydrogens (tertiary/aromatic N) is 2. The van der Waals surface area contributed by atoms with Crippen molar-refractivity contribution < 1.29 is 50.6 Å². The number of fused-ring (bicyclic) bond motifs is 3. The Labute approximate surface area is 325 Å². The fourth-order valence-corrected chi connectivity index (χ4v) is 8.96. The molecule has 0 radical (unpaired) electrons. The summed E-state index contributed by atoms with van der Waals surface area (Å²) in [4.78, 5) is 61.8. The van der Waals surface area contributed by atoms with Gasteiger partial charge in [-0.3, -0.25) is 19.1 Å². The van der Waals surface area contributed by atoms with E-state index in [1.165, 1.54) is 11.1 Å². The molecule has 4 amide bonds. The largest absolute Gasteiger partial charge is 0.485 e. The molecule has 2 aromatic rings. The highest BCUT2D eigenvalue weighted by Gasteiger charge is 2.62.